The normalized spacial score (nSPS) is 11.8. The lowest BCUT2D eigenvalue weighted by Gasteiger charge is -2.17. The molecular weight excluding hydrogens is 272 g/mol. The lowest BCUT2D eigenvalue weighted by Crippen LogP contribution is -2.21. The largest absolute Gasteiger partial charge is 0.493 e. The van der Waals surface area contributed by atoms with Gasteiger partial charge in [-0.2, -0.15) is 0 Å². The van der Waals surface area contributed by atoms with Crippen molar-refractivity contribution in [1.82, 2.24) is 0 Å². The summed E-state index contributed by atoms with van der Waals surface area (Å²) in [6.07, 6.45) is 1.75. The first-order valence-electron chi connectivity index (χ1n) is 6.93. The van der Waals surface area contributed by atoms with Gasteiger partial charge in [0.25, 0.3) is 0 Å². The molecule has 0 spiro atoms. The van der Waals surface area contributed by atoms with Crippen LogP contribution in [-0.4, -0.2) is 32.8 Å². The summed E-state index contributed by atoms with van der Waals surface area (Å²) in [5.74, 6) is 1.16. The molecule has 0 saturated carbocycles. The molecule has 0 aliphatic heterocycles. The average Bonchev–Trinajstić information content (AvgIpc) is 2.47. The Morgan fingerprint density at radius 1 is 1.24 bits per heavy atom. The van der Waals surface area contributed by atoms with Crippen molar-refractivity contribution >= 4 is 5.91 Å². The Morgan fingerprint density at radius 3 is 2.24 bits per heavy atom. The van der Waals surface area contributed by atoms with Gasteiger partial charge in [-0.25, -0.2) is 0 Å². The summed E-state index contributed by atoms with van der Waals surface area (Å²) >= 11 is 0. The van der Waals surface area contributed by atoms with Gasteiger partial charge in [-0.1, -0.05) is 6.92 Å². The molecule has 0 aromatic heterocycles. The Hall–Kier alpha value is -1.95. The topological polar surface area (TPSA) is 96.8 Å². The Labute approximate surface area is 125 Å². The van der Waals surface area contributed by atoms with Crippen molar-refractivity contribution in [3.8, 4) is 17.2 Å². The van der Waals surface area contributed by atoms with Crippen LogP contribution >= 0.6 is 0 Å². The molecule has 1 aromatic rings. The fourth-order valence-corrected chi connectivity index (χ4v) is 1.90. The molecule has 0 aliphatic rings. The summed E-state index contributed by atoms with van der Waals surface area (Å²) in [6.45, 7) is 2.22. The molecule has 118 valence electrons. The molecule has 0 aliphatic carbocycles. The standard InChI is InChI=1S/C15H24N2O4/c1-4-11(16)7-10-8-12(19-2)15(13(9-10)20-3)21-6-5-14(17)18/h8-9,11H,4-7,16H2,1-3H3,(H2,17,18). The van der Waals surface area contributed by atoms with Gasteiger partial charge in [0.1, 0.15) is 0 Å². The molecule has 0 radical (unpaired) electrons. The summed E-state index contributed by atoms with van der Waals surface area (Å²) in [7, 11) is 3.11. The summed E-state index contributed by atoms with van der Waals surface area (Å²) in [6, 6.07) is 3.83. The van der Waals surface area contributed by atoms with E-state index in [-0.39, 0.29) is 19.1 Å². The van der Waals surface area contributed by atoms with E-state index in [0.717, 1.165) is 18.4 Å². The van der Waals surface area contributed by atoms with Gasteiger partial charge in [-0.3, -0.25) is 4.79 Å². The number of benzene rings is 1. The van der Waals surface area contributed by atoms with Gasteiger partial charge in [-0.05, 0) is 30.5 Å². The Bertz CT molecular complexity index is 452. The van der Waals surface area contributed by atoms with Crippen molar-refractivity contribution in [3.63, 3.8) is 0 Å². The van der Waals surface area contributed by atoms with Crippen LogP contribution in [0.5, 0.6) is 17.2 Å². The maximum atomic E-state index is 10.8. The van der Waals surface area contributed by atoms with Crippen LogP contribution in [0.2, 0.25) is 0 Å². The van der Waals surface area contributed by atoms with Crippen molar-refractivity contribution in [1.29, 1.82) is 0 Å². The van der Waals surface area contributed by atoms with E-state index in [1.54, 1.807) is 14.2 Å². The molecule has 4 N–H and O–H groups in total. The second-order valence-electron chi connectivity index (χ2n) is 4.77. The van der Waals surface area contributed by atoms with Crippen molar-refractivity contribution < 1.29 is 19.0 Å². The summed E-state index contributed by atoms with van der Waals surface area (Å²) < 4.78 is 16.2. The number of carbonyl (C=O) groups excluding carboxylic acids is 1. The van der Waals surface area contributed by atoms with Crippen LogP contribution in [0, 0.1) is 0 Å². The fraction of sp³-hybridized carbons (Fsp3) is 0.533. The van der Waals surface area contributed by atoms with Crippen molar-refractivity contribution in [2.75, 3.05) is 20.8 Å². The van der Waals surface area contributed by atoms with E-state index in [2.05, 4.69) is 0 Å². The molecule has 0 bridgehead atoms. The minimum absolute atomic E-state index is 0.0843. The van der Waals surface area contributed by atoms with E-state index in [4.69, 9.17) is 25.7 Å². The van der Waals surface area contributed by atoms with Crippen molar-refractivity contribution in [2.45, 2.75) is 32.2 Å². The van der Waals surface area contributed by atoms with Gasteiger partial charge < -0.3 is 25.7 Å². The molecule has 6 heteroatoms. The quantitative estimate of drug-likeness (QED) is 0.714. The zero-order chi connectivity index (χ0) is 15.8. The highest BCUT2D eigenvalue weighted by Crippen LogP contribution is 2.39. The second kappa shape index (κ2) is 8.36. The fourth-order valence-electron chi connectivity index (χ4n) is 1.90. The van der Waals surface area contributed by atoms with Crippen LogP contribution in [0.1, 0.15) is 25.3 Å². The van der Waals surface area contributed by atoms with Gasteiger partial charge in [0.2, 0.25) is 11.7 Å². The number of methoxy groups -OCH3 is 2. The first-order chi connectivity index (χ1) is 10.0. The van der Waals surface area contributed by atoms with Gasteiger partial charge in [0.15, 0.2) is 11.5 Å². The summed E-state index contributed by atoms with van der Waals surface area (Å²) in [5, 5.41) is 0. The van der Waals surface area contributed by atoms with E-state index in [9.17, 15) is 4.79 Å². The highest BCUT2D eigenvalue weighted by Gasteiger charge is 2.15. The number of ether oxygens (including phenoxy) is 3. The summed E-state index contributed by atoms with van der Waals surface area (Å²) in [5.41, 5.74) is 12.1. The smallest absolute Gasteiger partial charge is 0.220 e. The van der Waals surface area contributed by atoms with Crippen molar-refractivity contribution in [3.05, 3.63) is 17.7 Å². The van der Waals surface area contributed by atoms with E-state index in [1.807, 2.05) is 19.1 Å². The molecule has 1 aromatic carbocycles. The Morgan fingerprint density at radius 2 is 1.81 bits per heavy atom. The second-order valence-corrected chi connectivity index (χ2v) is 4.77. The van der Waals surface area contributed by atoms with Crippen LogP contribution in [-0.2, 0) is 11.2 Å². The third-order valence-electron chi connectivity index (χ3n) is 3.14. The van der Waals surface area contributed by atoms with E-state index in [1.165, 1.54) is 0 Å². The molecular formula is C15H24N2O4. The predicted molar refractivity (Wildman–Crippen MR) is 80.8 cm³/mol. The van der Waals surface area contributed by atoms with Gasteiger partial charge in [-0.15, -0.1) is 0 Å². The highest BCUT2D eigenvalue weighted by molar-refractivity contribution is 5.73. The predicted octanol–water partition coefficient (Wildman–Crippen LogP) is 1.24. The maximum Gasteiger partial charge on any atom is 0.220 e. The Kier molecular flexibility index (Phi) is 6.81. The highest BCUT2D eigenvalue weighted by atomic mass is 16.5. The van der Waals surface area contributed by atoms with Gasteiger partial charge in [0.05, 0.1) is 27.2 Å². The molecule has 0 fully saturated rings. The third-order valence-corrected chi connectivity index (χ3v) is 3.14. The zero-order valence-electron chi connectivity index (χ0n) is 12.8. The maximum absolute atomic E-state index is 10.8. The van der Waals surface area contributed by atoms with E-state index >= 15 is 0 Å². The number of nitrogens with two attached hydrogens (primary N) is 2. The van der Waals surface area contributed by atoms with Gasteiger partial charge >= 0.3 is 0 Å². The molecule has 1 unspecified atom stereocenters. The number of primary amides is 1. The van der Waals surface area contributed by atoms with Crippen LogP contribution in [0.25, 0.3) is 0 Å². The molecule has 1 atom stereocenters. The summed E-state index contributed by atoms with van der Waals surface area (Å²) in [4.78, 5) is 10.8. The molecule has 1 amide bonds. The van der Waals surface area contributed by atoms with Crippen LogP contribution in [0.15, 0.2) is 12.1 Å². The lowest BCUT2D eigenvalue weighted by molar-refractivity contribution is -0.118. The first kappa shape index (κ1) is 17.1. The van der Waals surface area contributed by atoms with E-state index in [0.29, 0.717) is 17.2 Å². The number of hydrogen-bond donors (Lipinski definition) is 2. The number of rotatable bonds is 9. The minimum Gasteiger partial charge on any atom is -0.493 e. The lowest BCUT2D eigenvalue weighted by atomic mass is 10.0. The van der Waals surface area contributed by atoms with E-state index < -0.39 is 5.91 Å². The number of hydrogen-bond acceptors (Lipinski definition) is 5. The van der Waals surface area contributed by atoms with Crippen LogP contribution in [0.4, 0.5) is 0 Å². The molecule has 21 heavy (non-hydrogen) atoms. The Balaban J connectivity index is 2.97. The zero-order valence-corrected chi connectivity index (χ0v) is 12.8. The van der Waals surface area contributed by atoms with Crippen LogP contribution in [0.3, 0.4) is 0 Å². The van der Waals surface area contributed by atoms with Crippen LogP contribution < -0.4 is 25.7 Å². The molecule has 6 nitrogen and oxygen atoms in total. The molecule has 0 saturated heterocycles. The minimum atomic E-state index is -0.418. The first-order valence-corrected chi connectivity index (χ1v) is 6.93. The molecule has 1 rings (SSSR count). The SMILES string of the molecule is CCC(N)Cc1cc(OC)c(OCCC(N)=O)c(OC)c1. The number of carbonyl (C=O) groups is 1. The molecule has 0 heterocycles. The van der Waals surface area contributed by atoms with Gasteiger partial charge in [0, 0.05) is 6.04 Å². The number of amides is 1. The van der Waals surface area contributed by atoms with Crippen molar-refractivity contribution in [2.24, 2.45) is 11.5 Å². The monoisotopic (exact) mass is 296 g/mol. The third kappa shape index (κ3) is 5.15. The average molecular weight is 296 g/mol.